The lowest BCUT2D eigenvalue weighted by molar-refractivity contribution is 0.0473. The van der Waals surface area contributed by atoms with Crippen molar-refractivity contribution >= 4 is 23.4 Å². The van der Waals surface area contributed by atoms with Crippen molar-refractivity contribution in [2.45, 2.75) is 13.3 Å². The molecule has 2 aromatic carbocycles. The molecule has 0 bridgehead atoms. The molecule has 8 heteroatoms. The Morgan fingerprint density at radius 2 is 1.69 bits per heavy atom. The zero-order valence-corrected chi connectivity index (χ0v) is 17.5. The van der Waals surface area contributed by atoms with E-state index in [2.05, 4.69) is 0 Å². The number of halogens is 1. The van der Waals surface area contributed by atoms with E-state index >= 15 is 0 Å². The molecule has 156 valence electrons. The van der Waals surface area contributed by atoms with Crippen LogP contribution in [0.25, 0.3) is 0 Å². The van der Waals surface area contributed by atoms with Gasteiger partial charge >= 0.3 is 5.97 Å². The van der Waals surface area contributed by atoms with Gasteiger partial charge in [0.25, 0.3) is 0 Å². The minimum Gasteiger partial charge on any atom is -0.497 e. The number of hydrogen-bond donors (Lipinski definition) is 0. The van der Waals surface area contributed by atoms with Crippen molar-refractivity contribution < 1.29 is 33.3 Å². The summed E-state index contributed by atoms with van der Waals surface area (Å²) in [5, 5.41) is 0.213. The van der Waals surface area contributed by atoms with Gasteiger partial charge in [-0.05, 0) is 36.8 Å². The molecule has 2 aromatic rings. The quantitative estimate of drug-likeness (QED) is 0.419. The third-order valence-electron chi connectivity index (χ3n) is 3.96. The van der Waals surface area contributed by atoms with Crippen molar-refractivity contribution in [2.24, 2.45) is 0 Å². The predicted octanol–water partition coefficient (Wildman–Crippen LogP) is 4.19. The van der Waals surface area contributed by atoms with Gasteiger partial charge < -0.3 is 23.7 Å². The Morgan fingerprint density at radius 3 is 2.31 bits per heavy atom. The first kappa shape index (κ1) is 22.4. The maximum Gasteiger partial charge on any atom is 0.338 e. The summed E-state index contributed by atoms with van der Waals surface area (Å²) in [5.41, 5.74) is 0.389. The Balaban J connectivity index is 2.15. The molecular formula is C21H23ClO7. The highest BCUT2D eigenvalue weighted by atomic mass is 35.5. The maximum absolute atomic E-state index is 12.5. The summed E-state index contributed by atoms with van der Waals surface area (Å²) in [6.45, 7) is 1.94. The number of rotatable bonds is 10. The zero-order valence-electron chi connectivity index (χ0n) is 16.7. The van der Waals surface area contributed by atoms with Gasteiger partial charge in [0.1, 0.15) is 11.5 Å². The molecule has 0 aliphatic heterocycles. The Hall–Kier alpha value is -2.93. The highest BCUT2D eigenvalue weighted by Gasteiger charge is 2.20. The maximum atomic E-state index is 12.5. The predicted molar refractivity (Wildman–Crippen MR) is 108 cm³/mol. The molecule has 0 saturated carbocycles. The molecule has 0 atom stereocenters. The van der Waals surface area contributed by atoms with Gasteiger partial charge in [-0.25, -0.2) is 4.79 Å². The van der Waals surface area contributed by atoms with E-state index in [-0.39, 0.29) is 16.1 Å². The number of methoxy groups -OCH3 is 3. The lowest BCUT2D eigenvalue weighted by atomic mass is 10.1. The standard InChI is InChI=1S/C21H23ClO7/c1-5-8-28-20-16(22)9-13(10-19(20)27-4)21(24)29-12-17(23)15-11-14(25-2)6-7-18(15)26-3/h6-7,9-11H,5,8,12H2,1-4H3. The van der Waals surface area contributed by atoms with E-state index in [9.17, 15) is 9.59 Å². The number of hydrogen-bond acceptors (Lipinski definition) is 7. The summed E-state index contributed by atoms with van der Waals surface area (Å²) >= 11 is 6.21. The molecule has 0 spiro atoms. The van der Waals surface area contributed by atoms with Gasteiger partial charge in [0.05, 0.1) is 44.1 Å². The summed E-state index contributed by atoms with van der Waals surface area (Å²) in [6, 6.07) is 7.66. The highest BCUT2D eigenvalue weighted by molar-refractivity contribution is 6.32. The van der Waals surface area contributed by atoms with Crippen LogP contribution in [-0.4, -0.2) is 46.3 Å². The molecule has 0 fully saturated rings. The number of Topliss-reactive ketones (excluding diaryl/α,β-unsaturated/α-hetero) is 1. The van der Waals surface area contributed by atoms with E-state index in [1.54, 1.807) is 12.1 Å². The molecule has 0 heterocycles. The first-order valence-corrected chi connectivity index (χ1v) is 9.25. The van der Waals surface area contributed by atoms with Gasteiger partial charge in [0, 0.05) is 0 Å². The Labute approximate surface area is 174 Å². The number of esters is 1. The van der Waals surface area contributed by atoms with Gasteiger partial charge in [-0.2, -0.15) is 0 Å². The van der Waals surface area contributed by atoms with Crippen LogP contribution in [0.5, 0.6) is 23.0 Å². The van der Waals surface area contributed by atoms with Gasteiger partial charge in [0.15, 0.2) is 18.1 Å². The van der Waals surface area contributed by atoms with Gasteiger partial charge in [-0.1, -0.05) is 18.5 Å². The number of carbonyl (C=O) groups excluding carboxylic acids is 2. The third kappa shape index (κ3) is 5.54. The van der Waals surface area contributed by atoms with Gasteiger partial charge in [-0.15, -0.1) is 0 Å². The normalized spacial score (nSPS) is 10.2. The number of ether oxygens (including phenoxy) is 5. The number of ketones is 1. The lowest BCUT2D eigenvalue weighted by Gasteiger charge is -2.14. The lowest BCUT2D eigenvalue weighted by Crippen LogP contribution is -2.15. The highest BCUT2D eigenvalue weighted by Crippen LogP contribution is 2.36. The van der Waals surface area contributed by atoms with Gasteiger partial charge in [0.2, 0.25) is 5.78 Å². The second-order valence-corrected chi connectivity index (χ2v) is 6.31. The third-order valence-corrected chi connectivity index (χ3v) is 4.24. The van der Waals surface area contributed by atoms with Crippen LogP contribution >= 0.6 is 11.6 Å². The first-order chi connectivity index (χ1) is 13.9. The van der Waals surface area contributed by atoms with Crippen LogP contribution in [0.2, 0.25) is 5.02 Å². The summed E-state index contributed by atoms with van der Waals surface area (Å²) in [6.07, 6.45) is 0.791. The van der Waals surface area contributed by atoms with Crippen LogP contribution in [0, 0.1) is 0 Å². The fourth-order valence-corrected chi connectivity index (χ4v) is 2.77. The van der Waals surface area contributed by atoms with Crippen molar-refractivity contribution in [2.75, 3.05) is 34.5 Å². The fraction of sp³-hybridized carbons (Fsp3) is 0.333. The smallest absolute Gasteiger partial charge is 0.338 e. The van der Waals surface area contributed by atoms with Crippen LogP contribution in [0.4, 0.5) is 0 Å². The van der Waals surface area contributed by atoms with Crippen LogP contribution in [-0.2, 0) is 4.74 Å². The molecule has 0 aliphatic carbocycles. The van der Waals surface area contributed by atoms with Crippen molar-refractivity contribution in [3.63, 3.8) is 0 Å². The van der Waals surface area contributed by atoms with Crippen molar-refractivity contribution in [1.82, 2.24) is 0 Å². The molecule has 2 rings (SSSR count). The Kier molecular flexibility index (Phi) is 8.15. The largest absolute Gasteiger partial charge is 0.497 e. The molecular weight excluding hydrogens is 400 g/mol. The summed E-state index contributed by atoms with van der Waals surface area (Å²) < 4.78 is 26.3. The molecule has 0 radical (unpaired) electrons. The molecule has 0 aromatic heterocycles. The first-order valence-electron chi connectivity index (χ1n) is 8.87. The van der Waals surface area contributed by atoms with Crippen molar-refractivity contribution in [1.29, 1.82) is 0 Å². The van der Waals surface area contributed by atoms with Crippen LogP contribution in [0.3, 0.4) is 0 Å². The van der Waals surface area contributed by atoms with Gasteiger partial charge in [-0.3, -0.25) is 4.79 Å². The van der Waals surface area contributed by atoms with E-state index in [1.165, 1.54) is 39.5 Å². The molecule has 0 N–H and O–H groups in total. The SMILES string of the molecule is CCCOc1c(Cl)cc(C(=O)OCC(=O)c2cc(OC)ccc2OC)cc1OC. The van der Waals surface area contributed by atoms with E-state index in [0.29, 0.717) is 29.6 Å². The second kappa shape index (κ2) is 10.6. The number of benzene rings is 2. The van der Waals surface area contributed by atoms with Crippen LogP contribution in [0.15, 0.2) is 30.3 Å². The van der Waals surface area contributed by atoms with Crippen molar-refractivity contribution in [3.05, 3.63) is 46.5 Å². The van der Waals surface area contributed by atoms with Crippen molar-refractivity contribution in [3.8, 4) is 23.0 Å². The minimum atomic E-state index is -0.720. The molecule has 7 nitrogen and oxygen atoms in total. The summed E-state index contributed by atoms with van der Waals surface area (Å²) in [5.74, 6) is 0.342. The van der Waals surface area contributed by atoms with E-state index in [0.717, 1.165) is 6.42 Å². The van der Waals surface area contributed by atoms with E-state index in [4.69, 9.17) is 35.3 Å². The average Bonchev–Trinajstić information content (AvgIpc) is 2.75. The fourth-order valence-electron chi connectivity index (χ4n) is 2.51. The monoisotopic (exact) mass is 422 g/mol. The van der Waals surface area contributed by atoms with E-state index in [1.807, 2.05) is 6.92 Å². The number of carbonyl (C=O) groups is 2. The summed E-state index contributed by atoms with van der Waals surface area (Å²) in [7, 11) is 4.38. The average molecular weight is 423 g/mol. The Bertz CT molecular complexity index is 880. The van der Waals surface area contributed by atoms with Crippen LogP contribution in [0.1, 0.15) is 34.1 Å². The molecule has 0 saturated heterocycles. The van der Waals surface area contributed by atoms with Crippen LogP contribution < -0.4 is 18.9 Å². The zero-order chi connectivity index (χ0) is 21.4. The summed E-state index contributed by atoms with van der Waals surface area (Å²) in [4.78, 5) is 24.9. The topological polar surface area (TPSA) is 80.3 Å². The molecule has 0 amide bonds. The van der Waals surface area contributed by atoms with E-state index < -0.39 is 18.4 Å². The molecule has 0 aliphatic rings. The minimum absolute atomic E-state index is 0.140. The second-order valence-electron chi connectivity index (χ2n) is 5.90. The Morgan fingerprint density at radius 1 is 0.966 bits per heavy atom. The molecule has 0 unspecified atom stereocenters. The molecule has 29 heavy (non-hydrogen) atoms.